The predicted octanol–water partition coefficient (Wildman–Crippen LogP) is 2.19. The molecule has 22 heavy (non-hydrogen) atoms. The molecular formula is C13H11N3O6. The van der Waals surface area contributed by atoms with Gasteiger partial charge in [-0.1, -0.05) is 0 Å². The first kappa shape index (κ1) is 15.0. The van der Waals surface area contributed by atoms with Gasteiger partial charge in [-0.25, -0.2) is 14.9 Å². The molecule has 0 aliphatic rings. The molecule has 1 heterocycles. The number of hydrogen-bond acceptors (Lipinski definition) is 6. The van der Waals surface area contributed by atoms with Gasteiger partial charge in [0.1, 0.15) is 11.5 Å². The topological polar surface area (TPSA) is 124 Å². The zero-order valence-electron chi connectivity index (χ0n) is 11.1. The maximum atomic E-state index is 11.5. The number of nitro groups is 1. The lowest BCUT2D eigenvalue weighted by Crippen LogP contribution is -2.40. The number of nitro benzene ring substituents is 1. The Morgan fingerprint density at radius 2 is 1.95 bits per heavy atom. The van der Waals surface area contributed by atoms with E-state index in [2.05, 4.69) is 5.32 Å². The molecule has 0 saturated carbocycles. The van der Waals surface area contributed by atoms with Crippen LogP contribution in [0.1, 0.15) is 5.76 Å². The van der Waals surface area contributed by atoms with Crippen molar-refractivity contribution in [3.63, 3.8) is 0 Å². The number of carbonyl (C=O) groups is 2. The Balaban J connectivity index is 1.79. The third-order valence-corrected chi connectivity index (χ3v) is 2.48. The second-order valence-electron chi connectivity index (χ2n) is 4.03. The van der Waals surface area contributed by atoms with Crippen molar-refractivity contribution in [3.05, 3.63) is 58.5 Å². The fraction of sp³-hybridized carbons (Fsp3) is 0.0769. The highest BCUT2D eigenvalue weighted by Gasteiger charge is 2.11. The lowest BCUT2D eigenvalue weighted by atomic mass is 10.3. The lowest BCUT2D eigenvalue weighted by molar-refractivity contribution is -0.384. The summed E-state index contributed by atoms with van der Waals surface area (Å²) in [5.74, 6) is 0.598. The van der Waals surface area contributed by atoms with E-state index in [-0.39, 0.29) is 18.0 Å². The predicted molar refractivity (Wildman–Crippen MR) is 73.2 cm³/mol. The second-order valence-corrected chi connectivity index (χ2v) is 4.03. The fourth-order valence-corrected chi connectivity index (χ4v) is 1.49. The minimum Gasteiger partial charge on any atom is -0.467 e. The Morgan fingerprint density at radius 3 is 2.55 bits per heavy atom. The van der Waals surface area contributed by atoms with Crippen LogP contribution in [0.4, 0.5) is 15.3 Å². The molecule has 0 unspecified atom stereocenters. The molecule has 0 radical (unpaired) electrons. The average molecular weight is 305 g/mol. The van der Waals surface area contributed by atoms with Crippen molar-refractivity contribution in [1.82, 2.24) is 10.6 Å². The summed E-state index contributed by atoms with van der Waals surface area (Å²) < 4.78 is 9.80. The van der Waals surface area contributed by atoms with E-state index < -0.39 is 17.0 Å². The van der Waals surface area contributed by atoms with Crippen molar-refractivity contribution < 1.29 is 23.7 Å². The Hall–Kier alpha value is -3.36. The van der Waals surface area contributed by atoms with Crippen molar-refractivity contribution in [2.45, 2.75) is 6.54 Å². The molecule has 0 spiro atoms. The van der Waals surface area contributed by atoms with Crippen LogP contribution in [0.15, 0.2) is 47.1 Å². The number of benzene rings is 1. The zero-order chi connectivity index (χ0) is 15.9. The number of amides is 3. The van der Waals surface area contributed by atoms with Gasteiger partial charge in [0, 0.05) is 12.1 Å². The van der Waals surface area contributed by atoms with Crippen molar-refractivity contribution in [2.75, 3.05) is 0 Å². The largest absolute Gasteiger partial charge is 0.467 e. The number of urea groups is 1. The summed E-state index contributed by atoms with van der Waals surface area (Å²) in [6.45, 7) is 0.115. The van der Waals surface area contributed by atoms with Crippen molar-refractivity contribution in [3.8, 4) is 5.75 Å². The van der Waals surface area contributed by atoms with Crippen molar-refractivity contribution in [1.29, 1.82) is 0 Å². The van der Waals surface area contributed by atoms with E-state index in [1.165, 1.54) is 30.5 Å². The SMILES string of the molecule is O=C(NCc1ccco1)NC(=O)Oc1ccc([N+](=O)[O-])cc1. The van der Waals surface area contributed by atoms with E-state index in [4.69, 9.17) is 9.15 Å². The summed E-state index contributed by atoms with van der Waals surface area (Å²) in [6, 6.07) is 7.42. The summed E-state index contributed by atoms with van der Waals surface area (Å²) in [6.07, 6.45) is 0.448. The number of nitrogens with one attached hydrogen (secondary N) is 2. The molecule has 2 aromatic rings. The fourth-order valence-electron chi connectivity index (χ4n) is 1.49. The molecule has 0 aliphatic heterocycles. The normalized spacial score (nSPS) is 9.82. The molecule has 2 N–H and O–H groups in total. The molecule has 114 valence electrons. The number of rotatable bonds is 4. The number of furan rings is 1. The average Bonchev–Trinajstić information content (AvgIpc) is 2.99. The third kappa shape index (κ3) is 4.34. The first-order valence-electron chi connectivity index (χ1n) is 6.08. The quantitative estimate of drug-likeness (QED) is 0.659. The van der Waals surface area contributed by atoms with Gasteiger partial charge in [-0.2, -0.15) is 0 Å². The highest BCUT2D eigenvalue weighted by atomic mass is 16.6. The number of non-ortho nitro benzene ring substituents is 1. The third-order valence-electron chi connectivity index (χ3n) is 2.48. The number of carbonyl (C=O) groups excluding carboxylic acids is 2. The summed E-state index contributed by atoms with van der Waals surface area (Å²) in [5.41, 5.74) is -0.135. The maximum absolute atomic E-state index is 11.5. The van der Waals surface area contributed by atoms with Gasteiger partial charge in [-0.05, 0) is 24.3 Å². The van der Waals surface area contributed by atoms with Gasteiger partial charge in [0.2, 0.25) is 0 Å². The van der Waals surface area contributed by atoms with E-state index >= 15 is 0 Å². The van der Waals surface area contributed by atoms with Gasteiger partial charge < -0.3 is 14.5 Å². The van der Waals surface area contributed by atoms with Gasteiger partial charge in [0.25, 0.3) is 5.69 Å². The van der Waals surface area contributed by atoms with E-state index in [0.29, 0.717) is 5.76 Å². The molecule has 0 aliphatic carbocycles. The van der Waals surface area contributed by atoms with Crippen LogP contribution in [-0.2, 0) is 6.54 Å². The molecule has 9 heteroatoms. The summed E-state index contributed by atoms with van der Waals surface area (Å²) in [7, 11) is 0. The number of nitrogens with zero attached hydrogens (tertiary/aromatic N) is 1. The van der Waals surface area contributed by atoms with Crippen molar-refractivity contribution in [2.24, 2.45) is 0 Å². The van der Waals surface area contributed by atoms with Crippen LogP contribution in [0.5, 0.6) is 5.75 Å². The Morgan fingerprint density at radius 1 is 1.23 bits per heavy atom. The first-order chi connectivity index (χ1) is 10.5. The molecule has 0 bridgehead atoms. The molecule has 1 aromatic heterocycles. The number of hydrogen-bond donors (Lipinski definition) is 2. The molecule has 1 aromatic carbocycles. The first-order valence-corrected chi connectivity index (χ1v) is 6.08. The molecule has 0 atom stereocenters. The molecule has 9 nitrogen and oxygen atoms in total. The highest BCUT2D eigenvalue weighted by Crippen LogP contribution is 2.17. The number of imide groups is 1. The van der Waals surface area contributed by atoms with E-state index in [1.807, 2.05) is 5.32 Å². The smallest absolute Gasteiger partial charge is 0.420 e. The highest BCUT2D eigenvalue weighted by molar-refractivity contribution is 5.91. The van der Waals surface area contributed by atoms with Gasteiger partial charge in [0.15, 0.2) is 0 Å². The maximum Gasteiger partial charge on any atom is 0.420 e. The van der Waals surface area contributed by atoms with Gasteiger partial charge in [0.05, 0.1) is 17.7 Å². The van der Waals surface area contributed by atoms with Crippen LogP contribution >= 0.6 is 0 Å². The standard InChI is InChI=1S/C13H11N3O6/c17-12(14-8-11-2-1-7-21-11)15-13(18)22-10-5-3-9(4-6-10)16(19)20/h1-7H,8H2,(H2,14,15,17,18). The molecular weight excluding hydrogens is 294 g/mol. The Labute approximate surface area is 124 Å². The van der Waals surface area contributed by atoms with Crippen LogP contribution in [0, 0.1) is 10.1 Å². The van der Waals surface area contributed by atoms with E-state index in [9.17, 15) is 19.7 Å². The van der Waals surface area contributed by atoms with Gasteiger partial charge in [-0.3, -0.25) is 10.1 Å². The summed E-state index contributed by atoms with van der Waals surface area (Å²) >= 11 is 0. The van der Waals surface area contributed by atoms with Crippen LogP contribution in [-0.4, -0.2) is 17.0 Å². The minimum atomic E-state index is -1.01. The second kappa shape index (κ2) is 6.88. The minimum absolute atomic E-state index is 0.0712. The zero-order valence-corrected chi connectivity index (χ0v) is 11.1. The molecule has 0 saturated heterocycles. The van der Waals surface area contributed by atoms with E-state index in [1.54, 1.807) is 12.1 Å². The van der Waals surface area contributed by atoms with Crippen LogP contribution in [0.3, 0.4) is 0 Å². The van der Waals surface area contributed by atoms with Crippen LogP contribution in [0.25, 0.3) is 0 Å². The molecule has 0 fully saturated rings. The Kier molecular flexibility index (Phi) is 4.70. The molecule has 3 amide bonds. The van der Waals surface area contributed by atoms with E-state index in [0.717, 1.165) is 0 Å². The van der Waals surface area contributed by atoms with Crippen LogP contribution < -0.4 is 15.4 Å². The molecule has 2 rings (SSSR count). The van der Waals surface area contributed by atoms with Crippen molar-refractivity contribution >= 4 is 17.8 Å². The van der Waals surface area contributed by atoms with Gasteiger partial charge in [-0.15, -0.1) is 0 Å². The van der Waals surface area contributed by atoms with Gasteiger partial charge >= 0.3 is 12.1 Å². The Bertz CT molecular complexity index is 666. The summed E-state index contributed by atoms with van der Waals surface area (Å²) in [4.78, 5) is 32.8. The summed E-state index contributed by atoms with van der Waals surface area (Å²) in [5, 5.41) is 14.8. The van der Waals surface area contributed by atoms with Crippen LogP contribution in [0.2, 0.25) is 0 Å². The monoisotopic (exact) mass is 305 g/mol. The number of ether oxygens (including phenoxy) is 1. The lowest BCUT2D eigenvalue weighted by Gasteiger charge is -2.06.